The predicted octanol–water partition coefficient (Wildman–Crippen LogP) is 3.29. The first-order valence-electron chi connectivity index (χ1n) is 12.4. The van der Waals surface area contributed by atoms with Crippen molar-refractivity contribution in [3.63, 3.8) is 0 Å². The number of nitrogens with one attached hydrogen (secondary N) is 1. The second-order valence-corrected chi connectivity index (χ2v) is 10.9. The molecule has 1 atom stereocenters. The number of rotatable bonds is 4. The minimum Gasteiger partial charge on any atom is -0.444 e. The van der Waals surface area contributed by atoms with Gasteiger partial charge in [0, 0.05) is 26.6 Å². The normalized spacial score (nSPS) is 23.3. The van der Waals surface area contributed by atoms with Crippen LogP contribution in [0.1, 0.15) is 70.9 Å². The Morgan fingerprint density at radius 1 is 1.11 bits per heavy atom. The molecule has 1 unspecified atom stereocenters. The average molecular weight is 485 g/mol. The van der Waals surface area contributed by atoms with E-state index in [1.54, 1.807) is 16.5 Å². The molecule has 2 aliphatic rings. The van der Waals surface area contributed by atoms with Crippen LogP contribution in [-0.2, 0) is 27.8 Å². The average Bonchev–Trinajstić information content (AvgIpc) is 3.04. The number of nitrogens with zero attached hydrogens (tertiary/aromatic N) is 3. The largest absolute Gasteiger partial charge is 0.444 e. The van der Waals surface area contributed by atoms with Gasteiger partial charge >= 0.3 is 11.8 Å². The highest BCUT2D eigenvalue weighted by Crippen LogP contribution is 2.33. The lowest BCUT2D eigenvalue weighted by Crippen LogP contribution is -2.44. The molecular formula is C26H36N4O5. The first-order chi connectivity index (χ1) is 16.5. The third-order valence-corrected chi connectivity index (χ3v) is 7.26. The van der Waals surface area contributed by atoms with E-state index in [4.69, 9.17) is 4.74 Å². The Hall–Kier alpha value is -3.10. The van der Waals surface area contributed by atoms with Crippen LogP contribution in [0.4, 0.5) is 4.79 Å². The molecule has 1 aromatic carbocycles. The summed E-state index contributed by atoms with van der Waals surface area (Å²) in [5.74, 6) is -0.278. The molecule has 190 valence electrons. The molecule has 1 saturated heterocycles. The van der Waals surface area contributed by atoms with E-state index in [2.05, 4.69) is 11.4 Å². The van der Waals surface area contributed by atoms with E-state index in [0.717, 1.165) is 48.7 Å². The molecule has 1 N–H and O–H groups in total. The van der Waals surface area contributed by atoms with E-state index in [9.17, 15) is 19.2 Å². The molecule has 1 saturated carbocycles. The quantitative estimate of drug-likeness (QED) is 0.671. The van der Waals surface area contributed by atoms with E-state index in [0.29, 0.717) is 12.3 Å². The van der Waals surface area contributed by atoms with Gasteiger partial charge < -0.3 is 9.64 Å². The number of para-hydroxylation sites is 1. The van der Waals surface area contributed by atoms with E-state index in [-0.39, 0.29) is 30.2 Å². The topological polar surface area (TPSA) is 103 Å². The highest BCUT2D eigenvalue weighted by atomic mass is 16.6. The fraction of sp³-hybridized carbons (Fsp3) is 0.615. The molecule has 0 radical (unpaired) electrons. The number of piperidine rings is 1. The smallest absolute Gasteiger partial charge is 0.410 e. The summed E-state index contributed by atoms with van der Waals surface area (Å²) in [6, 6.07) is 5.33. The molecule has 2 heterocycles. The molecule has 1 aromatic heterocycles. The van der Waals surface area contributed by atoms with Gasteiger partial charge in [0.25, 0.3) is 0 Å². The fourth-order valence-electron chi connectivity index (χ4n) is 5.44. The molecule has 1 aliphatic heterocycles. The number of imide groups is 1. The number of carbonyl (C=O) groups is 3. The number of carbonyl (C=O) groups excluding carboxylic acids is 3. The number of aryl methyl sites for hydroxylation is 1. The maximum absolute atomic E-state index is 13.2. The van der Waals surface area contributed by atoms with Crippen molar-refractivity contribution in [1.29, 1.82) is 0 Å². The molecular weight excluding hydrogens is 448 g/mol. The summed E-state index contributed by atoms with van der Waals surface area (Å²) in [6.07, 6.45) is 4.87. The van der Waals surface area contributed by atoms with Gasteiger partial charge in [0.1, 0.15) is 11.6 Å². The van der Waals surface area contributed by atoms with Crippen molar-refractivity contribution in [2.24, 2.45) is 13.0 Å². The van der Waals surface area contributed by atoms with Gasteiger partial charge in [-0.15, -0.1) is 0 Å². The molecule has 0 spiro atoms. The van der Waals surface area contributed by atoms with Crippen LogP contribution in [0.5, 0.6) is 0 Å². The zero-order valence-corrected chi connectivity index (χ0v) is 21.3. The highest BCUT2D eigenvalue weighted by Gasteiger charge is 2.33. The van der Waals surface area contributed by atoms with Gasteiger partial charge in [0.05, 0.1) is 11.0 Å². The summed E-state index contributed by atoms with van der Waals surface area (Å²) in [5.41, 5.74) is 1.89. The zero-order chi connectivity index (χ0) is 25.5. The van der Waals surface area contributed by atoms with Crippen LogP contribution in [0.3, 0.4) is 0 Å². The van der Waals surface area contributed by atoms with Gasteiger partial charge in [-0.2, -0.15) is 0 Å². The van der Waals surface area contributed by atoms with Crippen molar-refractivity contribution in [1.82, 2.24) is 19.4 Å². The number of hydrogen-bond acceptors (Lipinski definition) is 5. The Labute approximate surface area is 205 Å². The zero-order valence-electron chi connectivity index (χ0n) is 21.3. The third kappa shape index (κ3) is 5.13. The molecule has 1 aliphatic carbocycles. The lowest BCUT2D eigenvalue weighted by Gasteiger charge is -2.35. The van der Waals surface area contributed by atoms with Crippen LogP contribution in [0, 0.1) is 5.92 Å². The number of amides is 3. The number of hydrogen-bond donors (Lipinski definition) is 1. The standard InChI is InChI=1S/C26H36N4O5/c1-26(2,3)35-25(34)28(4)18-11-9-16(10-12-18)15-17-7-6-8-19-22(17)29(5)24(33)30(19)20-13-14-21(31)27-23(20)32/h6-8,16,18,20H,9-15H2,1-5H3,(H,27,31,32)/t16-,18-,20?. The second kappa shape index (κ2) is 9.51. The van der Waals surface area contributed by atoms with Crippen molar-refractivity contribution < 1.29 is 19.1 Å². The van der Waals surface area contributed by atoms with Crippen LogP contribution < -0.4 is 11.0 Å². The molecule has 9 heteroatoms. The minimum atomic E-state index is -0.682. The van der Waals surface area contributed by atoms with Crippen molar-refractivity contribution in [3.05, 3.63) is 34.2 Å². The lowest BCUT2D eigenvalue weighted by molar-refractivity contribution is -0.135. The summed E-state index contributed by atoms with van der Waals surface area (Å²) in [4.78, 5) is 51.4. The van der Waals surface area contributed by atoms with Crippen LogP contribution in [0.25, 0.3) is 11.0 Å². The molecule has 3 amide bonds. The Balaban J connectivity index is 1.49. The summed E-state index contributed by atoms with van der Waals surface area (Å²) < 4.78 is 8.68. The van der Waals surface area contributed by atoms with Crippen molar-refractivity contribution >= 4 is 28.9 Å². The number of benzene rings is 1. The first-order valence-corrected chi connectivity index (χ1v) is 12.4. The fourth-order valence-corrected chi connectivity index (χ4v) is 5.44. The lowest BCUT2D eigenvalue weighted by atomic mass is 9.82. The Morgan fingerprint density at radius 2 is 1.80 bits per heavy atom. The third-order valence-electron chi connectivity index (χ3n) is 7.26. The SMILES string of the molecule is Cn1c(=O)n(C2CCC(=O)NC2=O)c2cccc(C[C@H]3CC[C@H](N(C)C(=O)OC(C)(C)C)CC3)c21. The monoisotopic (exact) mass is 484 g/mol. The second-order valence-electron chi connectivity index (χ2n) is 10.9. The van der Waals surface area contributed by atoms with Crippen LogP contribution in [-0.4, -0.2) is 50.6 Å². The van der Waals surface area contributed by atoms with Gasteiger partial charge in [0.15, 0.2) is 0 Å². The van der Waals surface area contributed by atoms with Gasteiger partial charge in [-0.1, -0.05) is 12.1 Å². The predicted molar refractivity (Wildman–Crippen MR) is 132 cm³/mol. The Bertz CT molecular complexity index is 1200. The number of aromatic nitrogens is 2. The van der Waals surface area contributed by atoms with Crippen LogP contribution >= 0.6 is 0 Å². The van der Waals surface area contributed by atoms with Crippen LogP contribution in [0.2, 0.25) is 0 Å². The summed E-state index contributed by atoms with van der Waals surface area (Å²) >= 11 is 0. The highest BCUT2D eigenvalue weighted by molar-refractivity contribution is 6.00. The number of fused-ring (bicyclic) bond motifs is 1. The number of imidazole rings is 1. The first kappa shape index (κ1) is 25.0. The summed E-state index contributed by atoms with van der Waals surface area (Å²) in [7, 11) is 3.55. The van der Waals surface area contributed by atoms with Gasteiger partial charge in [-0.3, -0.25) is 24.0 Å². The summed E-state index contributed by atoms with van der Waals surface area (Å²) in [5, 5.41) is 2.36. The molecule has 35 heavy (non-hydrogen) atoms. The van der Waals surface area contributed by atoms with E-state index >= 15 is 0 Å². The van der Waals surface area contributed by atoms with Gasteiger partial charge in [-0.05, 0) is 76.8 Å². The molecule has 4 rings (SSSR count). The van der Waals surface area contributed by atoms with Crippen molar-refractivity contribution in [2.45, 2.75) is 83.4 Å². The van der Waals surface area contributed by atoms with Gasteiger partial charge in [0.2, 0.25) is 11.8 Å². The Kier molecular flexibility index (Phi) is 6.79. The maximum atomic E-state index is 13.2. The molecule has 9 nitrogen and oxygen atoms in total. The molecule has 2 aromatic rings. The minimum absolute atomic E-state index is 0.162. The number of ether oxygens (including phenoxy) is 1. The van der Waals surface area contributed by atoms with Crippen molar-refractivity contribution in [3.8, 4) is 0 Å². The van der Waals surface area contributed by atoms with Crippen molar-refractivity contribution in [2.75, 3.05) is 7.05 Å². The maximum Gasteiger partial charge on any atom is 0.410 e. The van der Waals surface area contributed by atoms with Crippen LogP contribution in [0.15, 0.2) is 23.0 Å². The Morgan fingerprint density at radius 3 is 2.43 bits per heavy atom. The van der Waals surface area contributed by atoms with Gasteiger partial charge in [-0.25, -0.2) is 9.59 Å². The summed E-state index contributed by atoms with van der Waals surface area (Å²) in [6.45, 7) is 5.62. The van der Waals surface area contributed by atoms with E-state index in [1.165, 1.54) is 4.57 Å². The molecule has 0 bridgehead atoms. The molecule has 2 fully saturated rings. The van der Waals surface area contributed by atoms with E-state index < -0.39 is 17.6 Å². The van der Waals surface area contributed by atoms with E-state index in [1.807, 2.05) is 40.0 Å².